The number of nitrogens with two attached hydrogens (primary N) is 1. The molecule has 3 rings (SSSR count). The van der Waals surface area contributed by atoms with Crippen LogP contribution in [0.25, 0.3) is 11.1 Å². The first-order chi connectivity index (χ1) is 12.1. The van der Waals surface area contributed by atoms with Crippen LogP contribution in [0.15, 0.2) is 54.6 Å². The maximum atomic E-state index is 6.00. The third kappa shape index (κ3) is 4.48. The van der Waals surface area contributed by atoms with Gasteiger partial charge in [0.05, 0.1) is 5.69 Å². The summed E-state index contributed by atoms with van der Waals surface area (Å²) in [5.41, 5.74) is 10.0. The molecular formula is C20H21ClN4. The fourth-order valence-corrected chi connectivity index (χ4v) is 2.95. The summed E-state index contributed by atoms with van der Waals surface area (Å²) in [6, 6.07) is 18.1. The zero-order valence-electron chi connectivity index (χ0n) is 14.2. The quantitative estimate of drug-likeness (QED) is 0.629. The highest BCUT2D eigenvalue weighted by Crippen LogP contribution is 2.30. The summed E-state index contributed by atoms with van der Waals surface area (Å²) in [7, 11) is 0. The van der Waals surface area contributed by atoms with E-state index in [1.165, 1.54) is 5.56 Å². The van der Waals surface area contributed by atoms with Gasteiger partial charge in [0, 0.05) is 17.1 Å². The van der Waals surface area contributed by atoms with Crippen LogP contribution in [-0.2, 0) is 6.42 Å². The third-order valence-electron chi connectivity index (χ3n) is 4.02. The van der Waals surface area contributed by atoms with Gasteiger partial charge < -0.3 is 11.1 Å². The average molecular weight is 353 g/mol. The van der Waals surface area contributed by atoms with Gasteiger partial charge in [-0.2, -0.15) is 4.98 Å². The van der Waals surface area contributed by atoms with Crippen LogP contribution in [0, 0.1) is 6.92 Å². The molecule has 5 heteroatoms. The molecule has 3 N–H and O–H groups in total. The zero-order valence-corrected chi connectivity index (χ0v) is 14.9. The van der Waals surface area contributed by atoms with Gasteiger partial charge in [-0.1, -0.05) is 54.1 Å². The molecule has 0 aliphatic carbocycles. The Labute approximate surface area is 153 Å². The Kier molecular flexibility index (Phi) is 5.51. The van der Waals surface area contributed by atoms with Crippen LogP contribution in [0.4, 0.5) is 11.8 Å². The SMILES string of the molecule is Cc1nc(N)nc(NCCCc2ccccc2)c1-c1ccc(Cl)cc1. The van der Waals surface area contributed by atoms with E-state index in [1.54, 1.807) is 0 Å². The van der Waals surface area contributed by atoms with Crippen molar-refractivity contribution in [2.75, 3.05) is 17.6 Å². The minimum absolute atomic E-state index is 0.278. The summed E-state index contributed by atoms with van der Waals surface area (Å²) < 4.78 is 0. The topological polar surface area (TPSA) is 63.8 Å². The summed E-state index contributed by atoms with van der Waals surface area (Å²) >= 11 is 6.00. The maximum absolute atomic E-state index is 6.00. The molecule has 0 aliphatic rings. The van der Waals surface area contributed by atoms with E-state index in [0.717, 1.165) is 42.0 Å². The van der Waals surface area contributed by atoms with Gasteiger partial charge in [-0.25, -0.2) is 4.98 Å². The first kappa shape index (κ1) is 17.2. The molecule has 0 radical (unpaired) electrons. The predicted molar refractivity (Wildman–Crippen MR) is 105 cm³/mol. The Hall–Kier alpha value is -2.59. The van der Waals surface area contributed by atoms with Crippen molar-refractivity contribution in [2.45, 2.75) is 19.8 Å². The van der Waals surface area contributed by atoms with Gasteiger partial charge in [0.2, 0.25) is 5.95 Å². The third-order valence-corrected chi connectivity index (χ3v) is 4.27. The van der Waals surface area contributed by atoms with E-state index < -0.39 is 0 Å². The van der Waals surface area contributed by atoms with Crippen LogP contribution in [0.2, 0.25) is 5.02 Å². The molecule has 128 valence electrons. The second-order valence-electron chi connectivity index (χ2n) is 5.91. The highest BCUT2D eigenvalue weighted by molar-refractivity contribution is 6.30. The van der Waals surface area contributed by atoms with Crippen LogP contribution >= 0.6 is 11.6 Å². The number of nitrogens with zero attached hydrogens (tertiary/aromatic N) is 2. The van der Waals surface area contributed by atoms with Crippen molar-refractivity contribution in [1.29, 1.82) is 0 Å². The minimum Gasteiger partial charge on any atom is -0.369 e. The number of anilines is 2. The minimum atomic E-state index is 0.278. The van der Waals surface area contributed by atoms with Gasteiger partial charge in [-0.3, -0.25) is 0 Å². The highest BCUT2D eigenvalue weighted by Gasteiger charge is 2.12. The monoisotopic (exact) mass is 352 g/mol. The van der Waals surface area contributed by atoms with E-state index >= 15 is 0 Å². The molecule has 1 heterocycles. The summed E-state index contributed by atoms with van der Waals surface area (Å²) in [6.07, 6.45) is 2.02. The Morgan fingerprint density at radius 3 is 2.44 bits per heavy atom. The number of benzene rings is 2. The van der Waals surface area contributed by atoms with E-state index in [4.69, 9.17) is 17.3 Å². The summed E-state index contributed by atoms with van der Waals surface area (Å²) in [5.74, 6) is 1.04. The lowest BCUT2D eigenvalue weighted by atomic mass is 10.0. The molecule has 25 heavy (non-hydrogen) atoms. The van der Waals surface area contributed by atoms with Crippen molar-refractivity contribution in [2.24, 2.45) is 0 Å². The van der Waals surface area contributed by atoms with Gasteiger partial charge in [0.1, 0.15) is 5.82 Å². The molecule has 0 fully saturated rings. The fourth-order valence-electron chi connectivity index (χ4n) is 2.83. The zero-order chi connectivity index (χ0) is 17.6. The van der Waals surface area contributed by atoms with Crippen LogP contribution in [0.1, 0.15) is 17.7 Å². The molecule has 0 saturated heterocycles. The van der Waals surface area contributed by atoms with E-state index in [0.29, 0.717) is 5.02 Å². The molecule has 0 amide bonds. The van der Waals surface area contributed by atoms with E-state index in [1.807, 2.05) is 37.3 Å². The maximum Gasteiger partial charge on any atom is 0.222 e. The molecule has 0 aliphatic heterocycles. The van der Waals surface area contributed by atoms with E-state index in [2.05, 4.69) is 39.6 Å². The lowest BCUT2D eigenvalue weighted by Crippen LogP contribution is -2.10. The van der Waals surface area contributed by atoms with Gasteiger partial charge in [0.15, 0.2) is 0 Å². The number of nitrogens with one attached hydrogen (secondary N) is 1. The number of hydrogen-bond acceptors (Lipinski definition) is 4. The molecule has 0 unspecified atom stereocenters. The number of hydrogen-bond donors (Lipinski definition) is 2. The van der Waals surface area contributed by atoms with Gasteiger partial charge in [-0.15, -0.1) is 0 Å². The van der Waals surface area contributed by atoms with Gasteiger partial charge >= 0.3 is 0 Å². The van der Waals surface area contributed by atoms with Crippen molar-refractivity contribution in [1.82, 2.24) is 9.97 Å². The number of aryl methyl sites for hydroxylation is 2. The van der Waals surface area contributed by atoms with Crippen molar-refractivity contribution in [3.63, 3.8) is 0 Å². The lowest BCUT2D eigenvalue weighted by Gasteiger charge is -2.14. The van der Waals surface area contributed by atoms with Crippen LogP contribution in [0.5, 0.6) is 0 Å². The van der Waals surface area contributed by atoms with Crippen LogP contribution < -0.4 is 11.1 Å². The van der Waals surface area contributed by atoms with E-state index in [9.17, 15) is 0 Å². The summed E-state index contributed by atoms with van der Waals surface area (Å²) in [6.45, 7) is 2.75. The van der Waals surface area contributed by atoms with E-state index in [-0.39, 0.29) is 5.95 Å². The smallest absolute Gasteiger partial charge is 0.222 e. The number of nitrogen functional groups attached to an aromatic ring is 1. The number of aromatic nitrogens is 2. The van der Waals surface area contributed by atoms with Crippen molar-refractivity contribution < 1.29 is 0 Å². The molecule has 0 atom stereocenters. The first-order valence-corrected chi connectivity index (χ1v) is 8.69. The molecule has 0 spiro atoms. The second-order valence-corrected chi connectivity index (χ2v) is 6.35. The summed E-state index contributed by atoms with van der Waals surface area (Å²) in [5, 5.41) is 4.12. The van der Waals surface area contributed by atoms with Crippen molar-refractivity contribution in [3.05, 3.63) is 70.9 Å². The standard InChI is InChI=1S/C20H21ClN4/c1-14-18(16-9-11-17(21)12-10-16)19(25-20(22)24-14)23-13-5-8-15-6-3-2-4-7-15/h2-4,6-7,9-12H,5,8,13H2,1H3,(H3,22,23,24,25). The largest absolute Gasteiger partial charge is 0.369 e. The second kappa shape index (κ2) is 7.99. The molecule has 4 nitrogen and oxygen atoms in total. The van der Waals surface area contributed by atoms with Gasteiger partial charge in [-0.05, 0) is 43.0 Å². The molecule has 2 aromatic carbocycles. The van der Waals surface area contributed by atoms with Gasteiger partial charge in [0.25, 0.3) is 0 Å². The number of rotatable bonds is 6. The van der Waals surface area contributed by atoms with Crippen molar-refractivity contribution in [3.8, 4) is 11.1 Å². The van der Waals surface area contributed by atoms with Crippen LogP contribution in [0.3, 0.4) is 0 Å². The molecule has 1 aromatic heterocycles. The normalized spacial score (nSPS) is 10.6. The molecular weight excluding hydrogens is 332 g/mol. The summed E-state index contributed by atoms with van der Waals surface area (Å²) in [4.78, 5) is 8.70. The van der Waals surface area contributed by atoms with Crippen LogP contribution in [-0.4, -0.2) is 16.5 Å². The average Bonchev–Trinajstić information content (AvgIpc) is 2.60. The first-order valence-electron chi connectivity index (χ1n) is 8.31. The Morgan fingerprint density at radius 1 is 1.00 bits per heavy atom. The highest BCUT2D eigenvalue weighted by atomic mass is 35.5. The Balaban J connectivity index is 1.75. The number of halogens is 1. The molecule has 0 saturated carbocycles. The Morgan fingerprint density at radius 2 is 1.72 bits per heavy atom. The predicted octanol–water partition coefficient (Wildman–Crippen LogP) is 4.73. The molecule has 0 bridgehead atoms. The Bertz CT molecular complexity index is 832. The van der Waals surface area contributed by atoms with Crippen molar-refractivity contribution >= 4 is 23.4 Å². The molecule has 3 aromatic rings. The fraction of sp³-hybridized carbons (Fsp3) is 0.200. The lowest BCUT2D eigenvalue weighted by molar-refractivity contribution is 0.858.